The van der Waals surface area contributed by atoms with E-state index in [0.29, 0.717) is 36.2 Å². The molecule has 0 spiro atoms. The zero-order chi connectivity index (χ0) is 23.6. The number of nitrogens with zero attached hydrogens (tertiary/aromatic N) is 2. The molecular weight excluding hydrogens is 442 g/mol. The first-order valence-electron chi connectivity index (χ1n) is 10.6. The van der Waals surface area contributed by atoms with Crippen LogP contribution < -0.4 is 5.32 Å². The van der Waals surface area contributed by atoms with E-state index in [0.717, 1.165) is 11.3 Å². The molecule has 174 valence electrons. The number of furan rings is 1. The Kier molecular flexibility index (Phi) is 8.92. The van der Waals surface area contributed by atoms with Crippen LogP contribution in [0.1, 0.15) is 17.1 Å². The van der Waals surface area contributed by atoms with Crippen molar-refractivity contribution in [3.05, 3.63) is 88.8 Å². The number of hydrogen-bond acceptors (Lipinski definition) is 4. The average molecular weight is 470 g/mol. The number of rotatable bonds is 10. The minimum atomic E-state index is -0.406. The molecular formula is C25H28ClN3O4. The van der Waals surface area contributed by atoms with Crippen molar-refractivity contribution >= 4 is 29.2 Å². The topological polar surface area (TPSA) is 75.0 Å². The summed E-state index contributed by atoms with van der Waals surface area (Å²) in [6.45, 7) is 3.00. The highest BCUT2D eigenvalue weighted by Gasteiger charge is 2.23. The first-order valence-corrected chi connectivity index (χ1v) is 11.0. The molecule has 0 aliphatic heterocycles. The molecule has 2 aromatic carbocycles. The molecule has 1 N–H and O–H groups in total. The molecule has 0 unspecified atom stereocenters. The second-order valence-electron chi connectivity index (χ2n) is 7.60. The molecule has 1 aromatic heterocycles. The summed E-state index contributed by atoms with van der Waals surface area (Å²) in [7, 11) is 1.55. The SMILES string of the molecule is COCCN(CC(=O)N(Cc1ccccc1)Cc1ccc(C)o1)C(=O)Nc1cccc(Cl)c1. The highest BCUT2D eigenvalue weighted by Crippen LogP contribution is 2.16. The fraction of sp³-hybridized carbons (Fsp3) is 0.280. The van der Waals surface area contributed by atoms with Gasteiger partial charge < -0.3 is 24.3 Å². The van der Waals surface area contributed by atoms with E-state index in [1.807, 2.05) is 49.4 Å². The summed E-state index contributed by atoms with van der Waals surface area (Å²) in [4.78, 5) is 29.4. The molecule has 0 aliphatic rings. The van der Waals surface area contributed by atoms with Crippen LogP contribution in [0.3, 0.4) is 0 Å². The van der Waals surface area contributed by atoms with Gasteiger partial charge in [0, 0.05) is 30.9 Å². The Bertz CT molecular complexity index is 1050. The van der Waals surface area contributed by atoms with E-state index >= 15 is 0 Å². The molecule has 0 atom stereocenters. The molecule has 33 heavy (non-hydrogen) atoms. The first-order chi connectivity index (χ1) is 15.9. The van der Waals surface area contributed by atoms with Crippen molar-refractivity contribution in [1.29, 1.82) is 0 Å². The summed E-state index contributed by atoms with van der Waals surface area (Å²) in [5, 5.41) is 3.31. The Labute approximate surface area is 198 Å². The number of hydrogen-bond donors (Lipinski definition) is 1. The van der Waals surface area contributed by atoms with E-state index in [2.05, 4.69) is 5.32 Å². The third-order valence-corrected chi connectivity index (χ3v) is 5.20. The van der Waals surface area contributed by atoms with Crippen LogP contribution in [-0.2, 0) is 22.6 Å². The number of methoxy groups -OCH3 is 1. The minimum absolute atomic E-state index is 0.109. The highest BCUT2D eigenvalue weighted by atomic mass is 35.5. The van der Waals surface area contributed by atoms with Crippen LogP contribution in [0.25, 0.3) is 0 Å². The summed E-state index contributed by atoms with van der Waals surface area (Å²) < 4.78 is 10.8. The van der Waals surface area contributed by atoms with Gasteiger partial charge in [-0.15, -0.1) is 0 Å². The molecule has 3 rings (SSSR count). The first kappa shape index (κ1) is 24.4. The number of halogens is 1. The van der Waals surface area contributed by atoms with E-state index in [-0.39, 0.29) is 19.0 Å². The van der Waals surface area contributed by atoms with Gasteiger partial charge in [-0.3, -0.25) is 4.79 Å². The number of carbonyl (C=O) groups excluding carboxylic acids is 2. The quantitative estimate of drug-likeness (QED) is 0.456. The number of carbonyl (C=O) groups is 2. The van der Waals surface area contributed by atoms with Crippen molar-refractivity contribution in [3.8, 4) is 0 Å². The third-order valence-electron chi connectivity index (χ3n) is 4.97. The number of amides is 3. The lowest BCUT2D eigenvalue weighted by Gasteiger charge is -2.27. The summed E-state index contributed by atoms with van der Waals surface area (Å²) in [6, 6.07) is 19.9. The fourth-order valence-electron chi connectivity index (χ4n) is 3.28. The van der Waals surface area contributed by atoms with Gasteiger partial charge in [0.05, 0.1) is 13.2 Å². The van der Waals surface area contributed by atoms with Crippen molar-refractivity contribution < 1.29 is 18.7 Å². The van der Waals surface area contributed by atoms with Crippen LogP contribution in [0.2, 0.25) is 5.02 Å². The van der Waals surface area contributed by atoms with E-state index in [4.69, 9.17) is 20.8 Å². The Balaban J connectivity index is 1.75. The monoisotopic (exact) mass is 469 g/mol. The predicted octanol–water partition coefficient (Wildman–Crippen LogP) is 4.95. The molecule has 8 heteroatoms. The Morgan fingerprint density at radius 2 is 1.79 bits per heavy atom. The van der Waals surface area contributed by atoms with E-state index in [1.54, 1.807) is 36.3 Å². The van der Waals surface area contributed by atoms with Gasteiger partial charge in [0.15, 0.2) is 0 Å². The summed E-state index contributed by atoms with van der Waals surface area (Å²) >= 11 is 6.02. The van der Waals surface area contributed by atoms with Gasteiger partial charge in [0.1, 0.15) is 18.1 Å². The van der Waals surface area contributed by atoms with Crippen LogP contribution in [-0.4, -0.2) is 48.5 Å². The molecule has 0 bridgehead atoms. The number of urea groups is 1. The van der Waals surface area contributed by atoms with Crippen molar-refractivity contribution in [1.82, 2.24) is 9.80 Å². The highest BCUT2D eigenvalue weighted by molar-refractivity contribution is 6.30. The van der Waals surface area contributed by atoms with Crippen LogP contribution >= 0.6 is 11.6 Å². The lowest BCUT2D eigenvalue weighted by molar-refractivity contribution is -0.133. The number of aryl methyl sites for hydroxylation is 1. The molecule has 0 fully saturated rings. The van der Waals surface area contributed by atoms with Gasteiger partial charge in [-0.25, -0.2) is 4.79 Å². The number of benzene rings is 2. The Hall–Kier alpha value is -3.29. The normalized spacial score (nSPS) is 10.6. The zero-order valence-electron chi connectivity index (χ0n) is 18.8. The Morgan fingerprint density at radius 3 is 2.45 bits per heavy atom. The van der Waals surface area contributed by atoms with Crippen LogP contribution in [0.5, 0.6) is 0 Å². The Morgan fingerprint density at radius 1 is 1.00 bits per heavy atom. The standard InChI is InChI=1S/C25H28ClN3O4/c1-19-11-12-23(33-19)17-29(16-20-7-4-3-5-8-20)24(30)18-28(13-14-32-2)25(31)27-22-10-6-9-21(26)15-22/h3-12,15H,13-14,16-18H2,1-2H3,(H,27,31). The van der Waals surface area contributed by atoms with Crippen LogP contribution in [0, 0.1) is 6.92 Å². The van der Waals surface area contributed by atoms with E-state index in [1.165, 1.54) is 4.90 Å². The van der Waals surface area contributed by atoms with E-state index < -0.39 is 6.03 Å². The van der Waals surface area contributed by atoms with Gasteiger partial charge in [-0.2, -0.15) is 0 Å². The van der Waals surface area contributed by atoms with Crippen LogP contribution in [0.4, 0.5) is 10.5 Å². The zero-order valence-corrected chi connectivity index (χ0v) is 19.5. The second-order valence-corrected chi connectivity index (χ2v) is 8.04. The van der Waals surface area contributed by atoms with Gasteiger partial charge >= 0.3 is 6.03 Å². The van der Waals surface area contributed by atoms with Gasteiger partial charge in [-0.05, 0) is 42.8 Å². The van der Waals surface area contributed by atoms with Crippen LogP contribution in [0.15, 0.2) is 71.1 Å². The lowest BCUT2D eigenvalue weighted by Crippen LogP contribution is -2.45. The van der Waals surface area contributed by atoms with Gasteiger partial charge in [0.2, 0.25) is 5.91 Å². The number of ether oxygens (including phenoxy) is 1. The largest absolute Gasteiger partial charge is 0.464 e. The lowest BCUT2D eigenvalue weighted by atomic mass is 10.2. The van der Waals surface area contributed by atoms with Crippen molar-refractivity contribution in [2.24, 2.45) is 0 Å². The van der Waals surface area contributed by atoms with Crippen molar-refractivity contribution in [3.63, 3.8) is 0 Å². The molecule has 0 saturated heterocycles. The second kappa shape index (κ2) is 12.1. The van der Waals surface area contributed by atoms with Gasteiger partial charge in [0.25, 0.3) is 0 Å². The maximum atomic E-state index is 13.3. The summed E-state index contributed by atoms with van der Waals surface area (Å²) in [5.74, 6) is 1.26. The maximum Gasteiger partial charge on any atom is 0.322 e. The number of nitrogens with one attached hydrogen (secondary N) is 1. The average Bonchev–Trinajstić information content (AvgIpc) is 3.21. The summed E-state index contributed by atoms with van der Waals surface area (Å²) in [5.41, 5.74) is 1.54. The predicted molar refractivity (Wildman–Crippen MR) is 128 cm³/mol. The number of anilines is 1. The maximum absolute atomic E-state index is 13.3. The van der Waals surface area contributed by atoms with Gasteiger partial charge in [-0.1, -0.05) is 48.0 Å². The molecule has 1 heterocycles. The molecule has 0 aliphatic carbocycles. The molecule has 7 nitrogen and oxygen atoms in total. The molecule has 3 amide bonds. The fourth-order valence-corrected chi connectivity index (χ4v) is 3.47. The molecule has 0 radical (unpaired) electrons. The van der Waals surface area contributed by atoms with Crippen molar-refractivity contribution in [2.75, 3.05) is 32.1 Å². The molecule has 0 saturated carbocycles. The van der Waals surface area contributed by atoms with Crippen molar-refractivity contribution in [2.45, 2.75) is 20.0 Å². The van der Waals surface area contributed by atoms with E-state index in [9.17, 15) is 9.59 Å². The summed E-state index contributed by atoms with van der Waals surface area (Å²) in [6.07, 6.45) is 0. The third kappa shape index (κ3) is 7.66. The smallest absolute Gasteiger partial charge is 0.322 e. The minimum Gasteiger partial charge on any atom is -0.464 e. The molecule has 3 aromatic rings.